The largest absolute Gasteiger partial charge is 0.493 e. The van der Waals surface area contributed by atoms with Crippen LogP contribution in [0.3, 0.4) is 0 Å². The number of halogens is 1. The molecular weight excluding hydrogens is 310 g/mol. The third-order valence-corrected chi connectivity index (χ3v) is 4.08. The summed E-state index contributed by atoms with van der Waals surface area (Å²) in [6.07, 6.45) is 1.09. The first kappa shape index (κ1) is 17.6. The molecule has 0 saturated carbocycles. The van der Waals surface area contributed by atoms with Gasteiger partial charge in [-0.3, -0.25) is 0 Å². The minimum atomic E-state index is 0.463. The summed E-state index contributed by atoms with van der Waals surface area (Å²) in [4.78, 5) is 0. The van der Waals surface area contributed by atoms with Gasteiger partial charge in [0.1, 0.15) is 6.61 Å². The number of rotatable bonds is 8. The summed E-state index contributed by atoms with van der Waals surface area (Å²) in [5.41, 5.74) is 2.17. The first-order valence-corrected chi connectivity index (χ1v) is 8.28. The number of benzene rings is 2. The predicted molar refractivity (Wildman–Crippen MR) is 95.4 cm³/mol. The molecule has 23 heavy (non-hydrogen) atoms. The summed E-state index contributed by atoms with van der Waals surface area (Å²) in [5, 5.41) is 4.22. The van der Waals surface area contributed by atoms with Gasteiger partial charge in [-0.15, -0.1) is 0 Å². The average molecular weight is 334 g/mol. The Labute approximate surface area is 143 Å². The van der Waals surface area contributed by atoms with Crippen molar-refractivity contribution >= 4 is 11.6 Å². The molecule has 0 aliphatic carbocycles. The first-order valence-electron chi connectivity index (χ1n) is 7.90. The highest BCUT2D eigenvalue weighted by atomic mass is 35.5. The van der Waals surface area contributed by atoms with E-state index < -0.39 is 0 Å². The summed E-state index contributed by atoms with van der Waals surface area (Å²) in [6.45, 7) is 5.58. The highest BCUT2D eigenvalue weighted by Gasteiger charge is 2.11. The molecule has 2 aromatic rings. The number of methoxy groups -OCH3 is 1. The zero-order valence-corrected chi connectivity index (χ0v) is 14.7. The van der Waals surface area contributed by atoms with E-state index in [2.05, 4.69) is 25.2 Å². The van der Waals surface area contributed by atoms with Crippen LogP contribution in [-0.4, -0.2) is 13.2 Å². The number of hydrogen-bond acceptors (Lipinski definition) is 3. The summed E-state index contributed by atoms with van der Waals surface area (Å²) >= 11 is 5.92. The minimum Gasteiger partial charge on any atom is -0.493 e. The predicted octanol–water partition coefficient (Wildman–Crippen LogP) is 4.82. The van der Waals surface area contributed by atoms with Gasteiger partial charge >= 0.3 is 0 Å². The van der Waals surface area contributed by atoms with Crippen LogP contribution in [0.1, 0.15) is 31.4 Å². The summed E-state index contributed by atoms with van der Waals surface area (Å²) in [7, 11) is 1.66. The van der Waals surface area contributed by atoms with Gasteiger partial charge in [-0.05, 0) is 37.1 Å². The van der Waals surface area contributed by atoms with E-state index in [0.29, 0.717) is 12.6 Å². The fraction of sp³-hybridized carbons (Fsp3) is 0.368. The van der Waals surface area contributed by atoms with Gasteiger partial charge in [0, 0.05) is 23.2 Å². The standard InChI is InChI=1S/C19H24ClNO2/c1-4-14(2)21-12-16-6-5-7-18(22-3)19(16)23-13-15-8-10-17(20)11-9-15/h5-11,14,21H,4,12-13H2,1-3H3. The van der Waals surface area contributed by atoms with Crippen LogP contribution in [0.15, 0.2) is 42.5 Å². The highest BCUT2D eigenvalue weighted by molar-refractivity contribution is 6.30. The molecule has 0 radical (unpaired) electrons. The van der Waals surface area contributed by atoms with Crippen LogP contribution >= 0.6 is 11.6 Å². The highest BCUT2D eigenvalue weighted by Crippen LogP contribution is 2.32. The molecular formula is C19H24ClNO2. The van der Waals surface area contributed by atoms with Crippen molar-refractivity contribution in [2.45, 2.75) is 39.5 Å². The Morgan fingerprint density at radius 3 is 2.52 bits per heavy atom. The van der Waals surface area contributed by atoms with Crippen molar-refractivity contribution in [3.8, 4) is 11.5 Å². The van der Waals surface area contributed by atoms with Crippen molar-refractivity contribution in [3.05, 3.63) is 58.6 Å². The van der Waals surface area contributed by atoms with E-state index in [1.165, 1.54) is 0 Å². The quantitative estimate of drug-likeness (QED) is 0.751. The van der Waals surface area contributed by atoms with Gasteiger partial charge in [0.05, 0.1) is 7.11 Å². The molecule has 0 aliphatic rings. The second-order valence-electron chi connectivity index (χ2n) is 5.55. The van der Waals surface area contributed by atoms with Crippen LogP contribution in [-0.2, 0) is 13.2 Å². The van der Waals surface area contributed by atoms with Crippen molar-refractivity contribution in [1.82, 2.24) is 5.32 Å². The summed E-state index contributed by atoms with van der Waals surface area (Å²) < 4.78 is 11.5. The smallest absolute Gasteiger partial charge is 0.166 e. The zero-order valence-electron chi connectivity index (χ0n) is 13.9. The van der Waals surface area contributed by atoms with Crippen LogP contribution in [0, 0.1) is 0 Å². The molecule has 1 N–H and O–H groups in total. The maximum Gasteiger partial charge on any atom is 0.166 e. The Balaban J connectivity index is 2.12. The molecule has 1 atom stereocenters. The molecule has 0 saturated heterocycles. The Morgan fingerprint density at radius 2 is 1.87 bits per heavy atom. The van der Waals surface area contributed by atoms with Gasteiger partial charge in [0.2, 0.25) is 0 Å². The van der Waals surface area contributed by atoms with Gasteiger partial charge in [-0.1, -0.05) is 42.8 Å². The van der Waals surface area contributed by atoms with E-state index in [1.807, 2.05) is 36.4 Å². The summed E-state index contributed by atoms with van der Waals surface area (Å²) in [6, 6.07) is 14.1. The van der Waals surface area contributed by atoms with E-state index in [9.17, 15) is 0 Å². The lowest BCUT2D eigenvalue weighted by molar-refractivity contribution is 0.280. The van der Waals surface area contributed by atoms with Gasteiger partial charge in [0.25, 0.3) is 0 Å². The lowest BCUT2D eigenvalue weighted by atomic mass is 10.1. The molecule has 0 aromatic heterocycles. The topological polar surface area (TPSA) is 30.5 Å². The molecule has 2 aromatic carbocycles. The Hall–Kier alpha value is -1.71. The monoisotopic (exact) mass is 333 g/mol. The normalized spacial score (nSPS) is 12.0. The van der Waals surface area contributed by atoms with Crippen LogP contribution in [0.2, 0.25) is 5.02 Å². The third-order valence-electron chi connectivity index (χ3n) is 3.83. The van der Waals surface area contributed by atoms with Crippen LogP contribution in [0.25, 0.3) is 0 Å². The molecule has 0 heterocycles. The molecule has 0 bridgehead atoms. The third kappa shape index (κ3) is 5.15. The minimum absolute atomic E-state index is 0.463. The van der Waals surface area contributed by atoms with Crippen LogP contribution < -0.4 is 14.8 Å². The lowest BCUT2D eigenvalue weighted by Gasteiger charge is -2.17. The molecule has 0 amide bonds. The zero-order chi connectivity index (χ0) is 16.7. The van der Waals surface area contributed by atoms with Crippen LogP contribution in [0.5, 0.6) is 11.5 Å². The van der Waals surface area contributed by atoms with E-state index in [0.717, 1.165) is 40.6 Å². The van der Waals surface area contributed by atoms with Gasteiger partial charge in [-0.2, -0.15) is 0 Å². The Kier molecular flexibility index (Phi) is 6.75. The van der Waals surface area contributed by atoms with Gasteiger partial charge < -0.3 is 14.8 Å². The number of para-hydroxylation sites is 1. The van der Waals surface area contributed by atoms with Gasteiger partial charge in [0.15, 0.2) is 11.5 Å². The molecule has 0 aliphatic heterocycles. The van der Waals surface area contributed by atoms with E-state index in [-0.39, 0.29) is 0 Å². The maximum atomic E-state index is 6.04. The SMILES string of the molecule is CCC(C)NCc1cccc(OC)c1OCc1ccc(Cl)cc1. The molecule has 4 heteroatoms. The Morgan fingerprint density at radius 1 is 1.13 bits per heavy atom. The average Bonchev–Trinajstić information content (AvgIpc) is 2.59. The molecule has 3 nitrogen and oxygen atoms in total. The second-order valence-corrected chi connectivity index (χ2v) is 5.99. The molecule has 0 spiro atoms. The lowest BCUT2D eigenvalue weighted by Crippen LogP contribution is -2.24. The molecule has 0 fully saturated rings. The van der Waals surface area contributed by atoms with Crippen molar-refractivity contribution in [3.63, 3.8) is 0 Å². The fourth-order valence-electron chi connectivity index (χ4n) is 2.19. The fourth-order valence-corrected chi connectivity index (χ4v) is 2.32. The molecule has 1 unspecified atom stereocenters. The summed E-state index contributed by atoms with van der Waals surface area (Å²) in [5.74, 6) is 1.54. The Bertz CT molecular complexity index is 613. The van der Waals surface area contributed by atoms with Crippen molar-refractivity contribution < 1.29 is 9.47 Å². The van der Waals surface area contributed by atoms with E-state index in [1.54, 1.807) is 7.11 Å². The van der Waals surface area contributed by atoms with Crippen molar-refractivity contribution in [2.24, 2.45) is 0 Å². The number of hydrogen-bond donors (Lipinski definition) is 1. The molecule has 2 rings (SSSR count). The maximum absolute atomic E-state index is 6.04. The first-order chi connectivity index (χ1) is 11.1. The van der Waals surface area contributed by atoms with Gasteiger partial charge in [-0.25, -0.2) is 0 Å². The number of ether oxygens (including phenoxy) is 2. The van der Waals surface area contributed by atoms with Crippen molar-refractivity contribution in [1.29, 1.82) is 0 Å². The van der Waals surface area contributed by atoms with Crippen molar-refractivity contribution in [2.75, 3.05) is 7.11 Å². The number of nitrogens with one attached hydrogen (secondary N) is 1. The van der Waals surface area contributed by atoms with Crippen LogP contribution in [0.4, 0.5) is 0 Å². The van der Waals surface area contributed by atoms with E-state index >= 15 is 0 Å². The van der Waals surface area contributed by atoms with E-state index in [4.69, 9.17) is 21.1 Å². The second kappa shape index (κ2) is 8.80. The molecule has 124 valence electrons.